The summed E-state index contributed by atoms with van der Waals surface area (Å²) in [5.41, 5.74) is 1.30. The third-order valence-electron chi connectivity index (χ3n) is 2.36. The highest BCUT2D eigenvalue weighted by atomic mass is 32.2. The molecule has 1 N–H and O–H groups in total. The molecule has 1 aromatic carbocycles. The van der Waals surface area contributed by atoms with E-state index in [9.17, 15) is 8.42 Å². The van der Waals surface area contributed by atoms with Crippen LogP contribution in [0.4, 0.5) is 5.69 Å². The maximum atomic E-state index is 11.8. The molecule has 0 spiro atoms. The maximum Gasteiger partial charge on any atom is 0.232 e. The Kier molecular flexibility index (Phi) is 4.84. The van der Waals surface area contributed by atoms with Gasteiger partial charge < -0.3 is 9.47 Å². The van der Waals surface area contributed by atoms with E-state index in [1.807, 2.05) is 13.8 Å². The number of nitrogens with one attached hydrogen (secondary N) is 1. The zero-order valence-corrected chi connectivity index (χ0v) is 11.9. The molecule has 0 amide bonds. The number of sulfonamides is 1. The molecule has 0 aliphatic carbocycles. The lowest BCUT2D eigenvalue weighted by atomic mass is 10.2. The summed E-state index contributed by atoms with van der Waals surface area (Å²) < 4.78 is 36.4. The SMILES string of the molecule is CCCS(=O)(=O)Nc1cc(C)cc(OC)c1OC. The monoisotopic (exact) mass is 273 g/mol. The molecule has 0 saturated carbocycles. The standard InChI is InChI=1S/C12H19NO4S/c1-5-6-18(14,15)13-10-7-9(2)8-11(16-3)12(10)17-4/h7-8,13H,5-6H2,1-4H3. The molecule has 0 aliphatic heterocycles. The molecule has 0 saturated heterocycles. The van der Waals surface area contributed by atoms with Gasteiger partial charge in [-0.15, -0.1) is 0 Å². The van der Waals surface area contributed by atoms with Crippen molar-refractivity contribution in [3.8, 4) is 11.5 Å². The molecule has 102 valence electrons. The highest BCUT2D eigenvalue weighted by Gasteiger charge is 2.16. The molecule has 1 aromatic rings. The van der Waals surface area contributed by atoms with E-state index < -0.39 is 10.0 Å². The third kappa shape index (κ3) is 3.53. The van der Waals surface area contributed by atoms with Gasteiger partial charge in [0, 0.05) is 0 Å². The summed E-state index contributed by atoms with van der Waals surface area (Å²) in [6.45, 7) is 3.67. The summed E-state index contributed by atoms with van der Waals surface area (Å²) in [5.74, 6) is 0.973. The van der Waals surface area contributed by atoms with Crippen molar-refractivity contribution in [1.29, 1.82) is 0 Å². The van der Waals surface area contributed by atoms with Crippen molar-refractivity contribution in [2.75, 3.05) is 24.7 Å². The van der Waals surface area contributed by atoms with E-state index in [4.69, 9.17) is 9.47 Å². The first kappa shape index (κ1) is 14.6. The summed E-state index contributed by atoms with van der Waals surface area (Å²) in [7, 11) is -0.352. The van der Waals surface area contributed by atoms with E-state index >= 15 is 0 Å². The van der Waals surface area contributed by atoms with Crippen LogP contribution in [-0.2, 0) is 10.0 Å². The van der Waals surface area contributed by atoms with Crippen LogP contribution in [0.1, 0.15) is 18.9 Å². The van der Waals surface area contributed by atoms with Gasteiger partial charge in [-0.05, 0) is 31.0 Å². The number of ether oxygens (including phenoxy) is 2. The maximum absolute atomic E-state index is 11.8. The van der Waals surface area contributed by atoms with E-state index in [1.54, 1.807) is 12.1 Å². The van der Waals surface area contributed by atoms with Gasteiger partial charge in [-0.25, -0.2) is 8.42 Å². The van der Waals surface area contributed by atoms with E-state index in [1.165, 1.54) is 14.2 Å². The van der Waals surface area contributed by atoms with Crippen molar-refractivity contribution in [2.24, 2.45) is 0 Å². The molecule has 6 heteroatoms. The minimum absolute atomic E-state index is 0.0758. The second kappa shape index (κ2) is 5.95. The Balaban J connectivity index is 3.19. The van der Waals surface area contributed by atoms with Crippen molar-refractivity contribution >= 4 is 15.7 Å². The number of rotatable bonds is 6. The highest BCUT2D eigenvalue weighted by Crippen LogP contribution is 2.36. The van der Waals surface area contributed by atoms with Gasteiger partial charge in [0.05, 0.1) is 25.7 Å². The van der Waals surface area contributed by atoms with Crippen LogP contribution in [0, 0.1) is 6.92 Å². The van der Waals surface area contributed by atoms with Crippen molar-refractivity contribution in [2.45, 2.75) is 20.3 Å². The topological polar surface area (TPSA) is 64.6 Å². The number of anilines is 1. The zero-order valence-electron chi connectivity index (χ0n) is 11.1. The fraction of sp³-hybridized carbons (Fsp3) is 0.500. The van der Waals surface area contributed by atoms with Crippen LogP contribution >= 0.6 is 0 Å². The van der Waals surface area contributed by atoms with Crippen LogP contribution in [0.5, 0.6) is 11.5 Å². The van der Waals surface area contributed by atoms with Gasteiger partial charge in [0.15, 0.2) is 11.5 Å². The summed E-state index contributed by atoms with van der Waals surface area (Å²) in [6, 6.07) is 3.50. The first-order valence-corrected chi connectivity index (χ1v) is 7.31. The summed E-state index contributed by atoms with van der Waals surface area (Å²) in [4.78, 5) is 0. The normalized spacial score (nSPS) is 11.1. The van der Waals surface area contributed by atoms with Gasteiger partial charge in [-0.1, -0.05) is 6.92 Å². The molecule has 5 nitrogen and oxygen atoms in total. The van der Waals surface area contributed by atoms with Crippen LogP contribution in [0.3, 0.4) is 0 Å². The fourth-order valence-electron chi connectivity index (χ4n) is 1.67. The van der Waals surface area contributed by atoms with Crippen LogP contribution in [0.25, 0.3) is 0 Å². The predicted molar refractivity (Wildman–Crippen MR) is 72.0 cm³/mol. The van der Waals surface area contributed by atoms with Crippen LogP contribution in [-0.4, -0.2) is 28.4 Å². The quantitative estimate of drug-likeness (QED) is 0.862. The lowest BCUT2D eigenvalue weighted by molar-refractivity contribution is 0.356. The number of hydrogen-bond acceptors (Lipinski definition) is 4. The highest BCUT2D eigenvalue weighted by molar-refractivity contribution is 7.92. The first-order chi connectivity index (χ1) is 8.43. The Morgan fingerprint density at radius 1 is 1.22 bits per heavy atom. The van der Waals surface area contributed by atoms with Crippen molar-refractivity contribution < 1.29 is 17.9 Å². The average molecular weight is 273 g/mol. The fourth-order valence-corrected chi connectivity index (χ4v) is 2.79. The average Bonchev–Trinajstić information content (AvgIpc) is 2.27. The van der Waals surface area contributed by atoms with E-state index in [2.05, 4.69) is 4.72 Å². The first-order valence-electron chi connectivity index (χ1n) is 5.66. The number of benzene rings is 1. The molecule has 0 atom stereocenters. The molecule has 0 aromatic heterocycles. The Hall–Kier alpha value is -1.43. The van der Waals surface area contributed by atoms with E-state index in [-0.39, 0.29) is 5.75 Å². The zero-order chi connectivity index (χ0) is 13.8. The molecule has 0 heterocycles. The predicted octanol–water partition coefficient (Wildman–Crippen LogP) is 2.16. The Labute approximate surface area is 108 Å². The van der Waals surface area contributed by atoms with Gasteiger partial charge >= 0.3 is 0 Å². The Morgan fingerprint density at radius 3 is 2.39 bits per heavy atom. The summed E-state index contributed by atoms with van der Waals surface area (Å²) >= 11 is 0. The van der Waals surface area contributed by atoms with Crippen molar-refractivity contribution in [3.63, 3.8) is 0 Å². The summed E-state index contributed by atoms with van der Waals surface area (Å²) in [5, 5.41) is 0. The second-order valence-electron chi connectivity index (χ2n) is 3.97. The lowest BCUT2D eigenvalue weighted by Crippen LogP contribution is -2.17. The van der Waals surface area contributed by atoms with Crippen molar-refractivity contribution in [1.82, 2.24) is 0 Å². The lowest BCUT2D eigenvalue weighted by Gasteiger charge is -2.15. The second-order valence-corrected chi connectivity index (χ2v) is 5.81. The van der Waals surface area contributed by atoms with Gasteiger partial charge in [-0.3, -0.25) is 4.72 Å². The third-order valence-corrected chi connectivity index (χ3v) is 3.84. The molecule has 0 bridgehead atoms. The largest absolute Gasteiger partial charge is 0.493 e. The number of methoxy groups -OCH3 is 2. The Morgan fingerprint density at radius 2 is 1.89 bits per heavy atom. The molecule has 0 radical (unpaired) electrons. The van der Waals surface area contributed by atoms with Crippen LogP contribution < -0.4 is 14.2 Å². The van der Waals surface area contributed by atoms with Crippen molar-refractivity contribution in [3.05, 3.63) is 17.7 Å². The molecular weight excluding hydrogens is 254 g/mol. The number of hydrogen-bond donors (Lipinski definition) is 1. The van der Waals surface area contributed by atoms with E-state index in [0.29, 0.717) is 23.6 Å². The van der Waals surface area contributed by atoms with Gasteiger partial charge in [0.1, 0.15) is 0 Å². The molecule has 1 rings (SSSR count). The summed E-state index contributed by atoms with van der Waals surface area (Å²) in [6.07, 6.45) is 0.556. The van der Waals surface area contributed by atoms with Crippen LogP contribution in [0.2, 0.25) is 0 Å². The number of aryl methyl sites for hydroxylation is 1. The minimum atomic E-state index is -3.34. The molecule has 0 aliphatic rings. The van der Waals surface area contributed by atoms with Crippen LogP contribution in [0.15, 0.2) is 12.1 Å². The molecule has 18 heavy (non-hydrogen) atoms. The minimum Gasteiger partial charge on any atom is -0.493 e. The van der Waals surface area contributed by atoms with Gasteiger partial charge in [0.2, 0.25) is 10.0 Å². The Bertz CT molecular complexity index is 511. The smallest absolute Gasteiger partial charge is 0.232 e. The molecule has 0 fully saturated rings. The van der Waals surface area contributed by atoms with E-state index in [0.717, 1.165) is 5.56 Å². The molecular formula is C12H19NO4S. The molecule has 0 unspecified atom stereocenters. The van der Waals surface area contributed by atoms with Gasteiger partial charge in [-0.2, -0.15) is 0 Å². The van der Waals surface area contributed by atoms with Gasteiger partial charge in [0.25, 0.3) is 0 Å².